The number of hydrogen-bond donors (Lipinski definition) is 1. The minimum atomic E-state index is -0.506. The van der Waals surface area contributed by atoms with Crippen LogP contribution < -0.4 is 10.2 Å². The number of carbonyl (C=O) groups is 2. The molecule has 0 bridgehead atoms. The van der Waals surface area contributed by atoms with Gasteiger partial charge in [0.2, 0.25) is 0 Å². The number of nitrogens with one attached hydrogen (secondary N) is 1. The molecule has 1 saturated heterocycles. The van der Waals surface area contributed by atoms with Gasteiger partial charge < -0.3 is 0 Å². The van der Waals surface area contributed by atoms with Crippen molar-refractivity contribution in [3.8, 4) is 9.75 Å². The first kappa shape index (κ1) is 19.5. The fourth-order valence-electron chi connectivity index (χ4n) is 2.63. The minimum Gasteiger partial charge on any atom is -0.298 e. The number of thiophene rings is 2. The van der Waals surface area contributed by atoms with Gasteiger partial charge in [-0.05, 0) is 82.8 Å². The van der Waals surface area contributed by atoms with E-state index in [1.165, 1.54) is 16.2 Å². The Kier molecular flexibility index (Phi) is 5.48. The molecule has 1 aliphatic rings. The van der Waals surface area contributed by atoms with Gasteiger partial charge in [0.25, 0.3) is 11.8 Å². The van der Waals surface area contributed by atoms with Gasteiger partial charge in [-0.2, -0.15) is 0 Å². The minimum absolute atomic E-state index is 0.0318. The number of hydrogen-bond acceptors (Lipinski definition) is 5. The predicted molar refractivity (Wildman–Crippen MR) is 123 cm³/mol. The number of nitrogens with zero attached hydrogens (tertiary/aromatic N) is 1. The SMILES string of the molecule is O=C1NC(=S)N(c2ccc(Cl)cc2)C(=O)/C1=C/c1ccc(-c2ccc(Br)s2)s1. The van der Waals surface area contributed by atoms with E-state index in [-0.39, 0.29) is 10.7 Å². The second-order valence-electron chi connectivity index (χ2n) is 5.74. The number of anilines is 1. The van der Waals surface area contributed by atoms with E-state index in [1.807, 2.05) is 24.3 Å². The molecule has 0 aliphatic carbocycles. The summed E-state index contributed by atoms with van der Waals surface area (Å²) in [5.74, 6) is -0.973. The van der Waals surface area contributed by atoms with Crippen LogP contribution in [0.4, 0.5) is 5.69 Å². The fraction of sp³-hybridized carbons (Fsp3) is 0. The summed E-state index contributed by atoms with van der Waals surface area (Å²) in [7, 11) is 0. The molecule has 2 amide bonds. The third kappa shape index (κ3) is 3.83. The van der Waals surface area contributed by atoms with Gasteiger partial charge in [0.1, 0.15) is 5.57 Å². The number of halogens is 2. The van der Waals surface area contributed by atoms with E-state index < -0.39 is 11.8 Å². The molecule has 9 heteroatoms. The van der Waals surface area contributed by atoms with Gasteiger partial charge in [-0.15, -0.1) is 22.7 Å². The average Bonchev–Trinajstić information content (AvgIpc) is 3.29. The lowest BCUT2D eigenvalue weighted by molar-refractivity contribution is -0.122. The lowest BCUT2D eigenvalue weighted by Gasteiger charge is -2.28. The summed E-state index contributed by atoms with van der Waals surface area (Å²) < 4.78 is 1.05. The zero-order valence-corrected chi connectivity index (χ0v) is 18.7. The van der Waals surface area contributed by atoms with Crippen molar-refractivity contribution < 1.29 is 9.59 Å². The molecular weight excluding hydrogens is 500 g/mol. The highest BCUT2D eigenvalue weighted by Gasteiger charge is 2.34. The van der Waals surface area contributed by atoms with Crippen LogP contribution >= 0.6 is 62.4 Å². The van der Waals surface area contributed by atoms with Crippen LogP contribution in [0.5, 0.6) is 0 Å². The molecule has 1 N–H and O–H groups in total. The zero-order valence-electron chi connectivity index (χ0n) is 13.9. The topological polar surface area (TPSA) is 49.4 Å². The van der Waals surface area contributed by atoms with Crippen LogP contribution in [0.25, 0.3) is 15.8 Å². The van der Waals surface area contributed by atoms with Crippen molar-refractivity contribution >= 4 is 91.1 Å². The van der Waals surface area contributed by atoms with Crippen molar-refractivity contribution in [3.05, 3.63) is 67.8 Å². The van der Waals surface area contributed by atoms with Crippen LogP contribution in [0.15, 0.2) is 57.9 Å². The molecule has 0 radical (unpaired) electrons. The molecule has 0 atom stereocenters. The van der Waals surface area contributed by atoms with E-state index in [1.54, 1.807) is 41.7 Å². The number of amides is 2. The van der Waals surface area contributed by atoms with Crippen LogP contribution in [-0.2, 0) is 9.59 Å². The largest absolute Gasteiger partial charge is 0.298 e. The quantitative estimate of drug-likeness (QED) is 0.279. The third-order valence-corrected chi connectivity index (χ3v) is 7.30. The van der Waals surface area contributed by atoms with Crippen molar-refractivity contribution in [2.24, 2.45) is 0 Å². The van der Waals surface area contributed by atoms with Crippen molar-refractivity contribution in [2.75, 3.05) is 4.90 Å². The summed E-state index contributed by atoms with van der Waals surface area (Å²) in [6.45, 7) is 0. The van der Waals surface area contributed by atoms with Crippen LogP contribution in [0, 0.1) is 0 Å². The first-order chi connectivity index (χ1) is 13.4. The number of carbonyl (C=O) groups excluding carboxylic acids is 2. The van der Waals surface area contributed by atoms with Gasteiger partial charge in [-0.25, -0.2) is 0 Å². The summed E-state index contributed by atoms with van der Waals surface area (Å²) in [6.07, 6.45) is 1.60. The Morgan fingerprint density at radius 2 is 1.68 bits per heavy atom. The molecule has 1 aromatic carbocycles. The van der Waals surface area contributed by atoms with Gasteiger partial charge in [0.15, 0.2) is 5.11 Å². The van der Waals surface area contributed by atoms with Gasteiger partial charge in [0.05, 0.1) is 9.47 Å². The van der Waals surface area contributed by atoms with Gasteiger partial charge >= 0.3 is 0 Å². The third-order valence-electron chi connectivity index (χ3n) is 3.92. The molecular formula is C19H10BrClN2O2S3. The van der Waals surface area contributed by atoms with Gasteiger partial charge in [-0.3, -0.25) is 19.8 Å². The van der Waals surface area contributed by atoms with E-state index in [2.05, 4.69) is 21.2 Å². The Hall–Kier alpha value is -1.84. The molecule has 2 aromatic heterocycles. The maximum Gasteiger partial charge on any atom is 0.270 e. The lowest BCUT2D eigenvalue weighted by atomic mass is 10.1. The Morgan fingerprint density at radius 3 is 2.36 bits per heavy atom. The molecule has 4 rings (SSSR count). The molecule has 0 unspecified atom stereocenters. The standard InChI is InChI=1S/C19H10BrClN2O2S3/c20-16-8-7-15(28-16)14-6-5-12(27-14)9-13-17(24)22-19(26)23(18(13)25)11-3-1-10(21)2-4-11/h1-9H,(H,22,24,26)/b13-9+. The summed E-state index contributed by atoms with van der Waals surface area (Å²) in [5.41, 5.74) is 0.574. The van der Waals surface area contributed by atoms with E-state index >= 15 is 0 Å². The smallest absolute Gasteiger partial charge is 0.270 e. The second kappa shape index (κ2) is 7.88. The number of thiocarbonyl (C=S) groups is 1. The monoisotopic (exact) mass is 508 g/mol. The van der Waals surface area contributed by atoms with Crippen LogP contribution in [0.1, 0.15) is 4.88 Å². The molecule has 0 saturated carbocycles. The van der Waals surface area contributed by atoms with Gasteiger partial charge in [-0.1, -0.05) is 11.6 Å². The molecule has 1 fully saturated rings. The molecule has 140 valence electrons. The fourth-order valence-corrected chi connectivity index (χ4v) is 5.47. The molecule has 3 aromatic rings. The van der Waals surface area contributed by atoms with Crippen LogP contribution in [0.3, 0.4) is 0 Å². The van der Waals surface area contributed by atoms with Crippen molar-refractivity contribution in [3.63, 3.8) is 0 Å². The maximum atomic E-state index is 13.0. The second-order valence-corrected chi connectivity index (χ2v) is 10.1. The van der Waals surface area contributed by atoms with Crippen molar-refractivity contribution in [2.45, 2.75) is 0 Å². The molecule has 1 aliphatic heterocycles. The summed E-state index contributed by atoms with van der Waals surface area (Å²) >= 11 is 17.7. The Balaban J connectivity index is 1.67. The Morgan fingerprint density at radius 1 is 1.00 bits per heavy atom. The van der Waals surface area contributed by atoms with E-state index in [9.17, 15) is 9.59 Å². The maximum absolute atomic E-state index is 13.0. The molecule has 0 spiro atoms. The summed E-state index contributed by atoms with van der Waals surface area (Å²) in [4.78, 5) is 29.7. The predicted octanol–water partition coefficient (Wildman–Crippen LogP) is 5.72. The van der Waals surface area contributed by atoms with Crippen molar-refractivity contribution in [1.29, 1.82) is 0 Å². The average molecular weight is 510 g/mol. The van der Waals surface area contributed by atoms with E-state index in [0.29, 0.717) is 10.7 Å². The molecule has 28 heavy (non-hydrogen) atoms. The Labute approximate surface area is 187 Å². The summed E-state index contributed by atoms with van der Waals surface area (Å²) in [6, 6.07) is 14.6. The molecule has 4 nitrogen and oxygen atoms in total. The normalized spacial score (nSPS) is 16.0. The van der Waals surface area contributed by atoms with Crippen LogP contribution in [-0.4, -0.2) is 16.9 Å². The first-order valence-electron chi connectivity index (χ1n) is 7.95. The highest BCUT2D eigenvalue weighted by Crippen LogP contribution is 2.36. The number of rotatable bonds is 3. The van der Waals surface area contributed by atoms with Crippen molar-refractivity contribution in [1.82, 2.24) is 5.32 Å². The number of benzene rings is 1. The highest BCUT2D eigenvalue weighted by atomic mass is 79.9. The zero-order chi connectivity index (χ0) is 19.8. The van der Waals surface area contributed by atoms with E-state index in [0.717, 1.165) is 18.4 Å². The molecule has 3 heterocycles. The lowest BCUT2D eigenvalue weighted by Crippen LogP contribution is -2.54. The first-order valence-corrected chi connectivity index (χ1v) is 11.2. The van der Waals surface area contributed by atoms with Gasteiger partial charge in [0, 0.05) is 19.7 Å². The van der Waals surface area contributed by atoms with Crippen LogP contribution in [0.2, 0.25) is 5.02 Å². The Bertz CT molecular complexity index is 1130. The summed E-state index contributed by atoms with van der Waals surface area (Å²) in [5, 5.41) is 3.17. The highest BCUT2D eigenvalue weighted by molar-refractivity contribution is 9.11. The van der Waals surface area contributed by atoms with E-state index in [4.69, 9.17) is 23.8 Å².